The van der Waals surface area contributed by atoms with Crippen molar-refractivity contribution in [3.8, 4) is 0 Å². The van der Waals surface area contributed by atoms with Gasteiger partial charge in [-0.15, -0.1) is 0 Å². The minimum absolute atomic E-state index is 0.0243. The Morgan fingerprint density at radius 3 is 1.32 bits per heavy atom. The van der Waals surface area contributed by atoms with Crippen LogP contribution in [-0.4, -0.2) is 106 Å². The molecule has 1 amide bonds. The molecule has 40 heavy (non-hydrogen) atoms. The SMILES string of the molecule is CC(C)C(=O)CCOCC(COCCC(=O)C(C)C)(COCCC(=O)C(C)C)NC(=O)COCCN(C)C(C)C. The fourth-order valence-electron chi connectivity index (χ4n) is 3.38. The molecule has 0 radical (unpaired) electrons. The Bertz CT molecular complexity index is 683. The summed E-state index contributed by atoms with van der Waals surface area (Å²) in [5, 5.41) is 2.97. The van der Waals surface area contributed by atoms with Crippen molar-refractivity contribution in [2.45, 2.75) is 86.2 Å². The Balaban J connectivity index is 5.44. The highest BCUT2D eigenvalue weighted by molar-refractivity contribution is 5.81. The zero-order valence-electron chi connectivity index (χ0n) is 26.5. The van der Waals surface area contributed by atoms with Crippen LogP contribution in [0.4, 0.5) is 0 Å². The molecule has 0 rings (SSSR count). The van der Waals surface area contributed by atoms with Gasteiger partial charge in [0.05, 0.1) is 46.2 Å². The van der Waals surface area contributed by atoms with Crippen LogP contribution in [0.1, 0.15) is 74.7 Å². The van der Waals surface area contributed by atoms with E-state index in [1.807, 2.05) is 48.6 Å². The first kappa shape index (κ1) is 38.3. The Hall–Kier alpha value is -1.72. The molecule has 1 N–H and O–H groups in total. The summed E-state index contributed by atoms with van der Waals surface area (Å²) < 4.78 is 23.2. The second-order valence-corrected chi connectivity index (χ2v) is 11.7. The lowest BCUT2D eigenvalue weighted by atomic mass is 10.0. The monoisotopic (exact) mass is 572 g/mol. The lowest BCUT2D eigenvalue weighted by Gasteiger charge is -2.34. The van der Waals surface area contributed by atoms with Crippen LogP contribution >= 0.6 is 0 Å². The van der Waals surface area contributed by atoms with Crippen LogP contribution in [0.5, 0.6) is 0 Å². The summed E-state index contributed by atoms with van der Waals surface area (Å²) in [6, 6.07) is 0.365. The maximum atomic E-state index is 12.9. The molecule has 0 aromatic rings. The van der Waals surface area contributed by atoms with Crippen LogP contribution in [0.15, 0.2) is 0 Å². The van der Waals surface area contributed by atoms with E-state index in [1.54, 1.807) is 0 Å². The number of nitrogens with zero attached hydrogens (tertiary/aromatic N) is 1. The molecular formula is C30H56N2O8. The van der Waals surface area contributed by atoms with E-state index < -0.39 is 5.54 Å². The fourth-order valence-corrected chi connectivity index (χ4v) is 3.38. The Labute approximate surface area is 242 Å². The third kappa shape index (κ3) is 17.9. The van der Waals surface area contributed by atoms with Gasteiger partial charge < -0.3 is 29.2 Å². The van der Waals surface area contributed by atoms with E-state index in [0.717, 1.165) is 0 Å². The average Bonchev–Trinajstić information content (AvgIpc) is 2.88. The second-order valence-electron chi connectivity index (χ2n) is 11.7. The first-order chi connectivity index (χ1) is 18.7. The Morgan fingerprint density at radius 2 is 1.00 bits per heavy atom. The van der Waals surface area contributed by atoms with Crippen LogP contribution in [0.25, 0.3) is 0 Å². The molecule has 10 nitrogen and oxygen atoms in total. The standard InChI is InChI=1S/C30H56N2O8/c1-22(2)26(33)10-14-38-19-30(20-39-15-11-27(34)23(3)4,21-40-16-12-28(35)24(5)6)31-29(36)18-37-17-13-32(9)25(7)8/h22-25H,10-21H2,1-9H3,(H,31,36). The van der Waals surface area contributed by atoms with Crippen LogP contribution in [0.2, 0.25) is 0 Å². The number of ether oxygens (including phenoxy) is 4. The summed E-state index contributed by atoms with van der Waals surface area (Å²) in [4.78, 5) is 51.2. The molecule has 0 unspecified atom stereocenters. The molecule has 234 valence electrons. The van der Waals surface area contributed by atoms with E-state index >= 15 is 0 Å². The second kappa shape index (κ2) is 21.1. The van der Waals surface area contributed by atoms with Crippen molar-refractivity contribution in [1.82, 2.24) is 10.2 Å². The molecular weight excluding hydrogens is 516 g/mol. The molecule has 0 fully saturated rings. The smallest absolute Gasteiger partial charge is 0.246 e. The number of hydrogen-bond acceptors (Lipinski definition) is 9. The Morgan fingerprint density at radius 1 is 0.625 bits per heavy atom. The molecule has 0 spiro atoms. The van der Waals surface area contributed by atoms with E-state index in [4.69, 9.17) is 18.9 Å². The normalized spacial score (nSPS) is 12.2. The van der Waals surface area contributed by atoms with Crippen molar-refractivity contribution in [1.29, 1.82) is 0 Å². The summed E-state index contributed by atoms with van der Waals surface area (Å²) in [6.45, 7) is 16.7. The molecule has 0 saturated carbocycles. The topological polar surface area (TPSA) is 120 Å². The summed E-state index contributed by atoms with van der Waals surface area (Å²) in [5.41, 5.74) is -1.10. The molecule has 0 aromatic heterocycles. The van der Waals surface area contributed by atoms with Gasteiger partial charge in [0.15, 0.2) is 0 Å². The Kier molecular flexibility index (Phi) is 20.1. The van der Waals surface area contributed by atoms with Gasteiger partial charge in [-0.1, -0.05) is 41.5 Å². The van der Waals surface area contributed by atoms with Crippen LogP contribution in [0.3, 0.4) is 0 Å². The van der Waals surface area contributed by atoms with Crippen molar-refractivity contribution < 1.29 is 38.1 Å². The molecule has 0 atom stereocenters. The first-order valence-corrected chi connectivity index (χ1v) is 14.6. The molecule has 10 heteroatoms. The van der Waals surface area contributed by atoms with E-state index in [1.165, 1.54) is 0 Å². The van der Waals surface area contributed by atoms with E-state index in [9.17, 15) is 19.2 Å². The van der Waals surface area contributed by atoms with Crippen molar-refractivity contribution in [2.24, 2.45) is 17.8 Å². The number of likely N-dealkylation sites (N-methyl/N-ethyl adjacent to an activating group) is 1. The third-order valence-corrected chi connectivity index (χ3v) is 6.65. The first-order valence-electron chi connectivity index (χ1n) is 14.6. The highest BCUT2D eigenvalue weighted by atomic mass is 16.5. The maximum Gasteiger partial charge on any atom is 0.246 e. The number of rotatable bonds is 25. The lowest BCUT2D eigenvalue weighted by molar-refractivity contribution is -0.134. The van der Waals surface area contributed by atoms with Crippen molar-refractivity contribution in [3.63, 3.8) is 0 Å². The van der Waals surface area contributed by atoms with Gasteiger partial charge in [0, 0.05) is 49.6 Å². The van der Waals surface area contributed by atoms with E-state index in [2.05, 4.69) is 24.1 Å². The summed E-state index contributed by atoms with van der Waals surface area (Å²) in [7, 11) is 1.99. The number of ketones is 3. The minimum atomic E-state index is -1.10. The number of nitrogens with one attached hydrogen (secondary N) is 1. The van der Waals surface area contributed by atoms with E-state index in [-0.39, 0.29) is 107 Å². The van der Waals surface area contributed by atoms with Crippen molar-refractivity contribution in [3.05, 3.63) is 0 Å². The lowest BCUT2D eigenvalue weighted by Crippen LogP contribution is -2.59. The van der Waals surface area contributed by atoms with Crippen LogP contribution < -0.4 is 5.32 Å². The van der Waals surface area contributed by atoms with Crippen LogP contribution in [0, 0.1) is 17.8 Å². The molecule has 0 aliphatic heterocycles. The van der Waals surface area contributed by atoms with Gasteiger partial charge in [0.1, 0.15) is 29.5 Å². The van der Waals surface area contributed by atoms with Gasteiger partial charge >= 0.3 is 0 Å². The number of carbonyl (C=O) groups is 4. The molecule has 0 heterocycles. The third-order valence-electron chi connectivity index (χ3n) is 6.65. The number of Topliss-reactive ketones (excluding diaryl/α,β-unsaturated/α-hetero) is 3. The largest absolute Gasteiger partial charge is 0.378 e. The quantitative estimate of drug-likeness (QED) is 0.165. The van der Waals surface area contributed by atoms with Gasteiger partial charge in [-0.25, -0.2) is 0 Å². The molecule has 0 aromatic carbocycles. The van der Waals surface area contributed by atoms with Gasteiger partial charge in [-0.2, -0.15) is 0 Å². The zero-order chi connectivity index (χ0) is 30.7. The predicted molar refractivity (Wildman–Crippen MR) is 155 cm³/mol. The predicted octanol–water partition coefficient (Wildman–Crippen LogP) is 3.09. The number of hydrogen-bond donors (Lipinski definition) is 1. The van der Waals surface area contributed by atoms with Gasteiger partial charge in [0.2, 0.25) is 5.91 Å². The average molecular weight is 573 g/mol. The molecule has 0 aliphatic rings. The zero-order valence-corrected chi connectivity index (χ0v) is 26.5. The number of carbonyl (C=O) groups excluding carboxylic acids is 4. The highest BCUT2D eigenvalue weighted by Gasteiger charge is 2.34. The molecule has 0 saturated heterocycles. The van der Waals surface area contributed by atoms with Crippen LogP contribution in [-0.2, 0) is 38.1 Å². The minimum Gasteiger partial charge on any atom is -0.378 e. The maximum absolute atomic E-state index is 12.9. The van der Waals surface area contributed by atoms with Gasteiger partial charge in [-0.3, -0.25) is 19.2 Å². The van der Waals surface area contributed by atoms with Crippen molar-refractivity contribution in [2.75, 3.05) is 66.4 Å². The summed E-state index contributed by atoms with van der Waals surface area (Å²) in [5.74, 6) is -0.391. The molecule has 0 aliphatic carbocycles. The summed E-state index contributed by atoms with van der Waals surface area (Å²) >= 11 is 0. The fraction of sp³-hybridized carbons (Fsp3) is 0.867. The van der Waals surface area contributed by atoms with Gasteiger partial charge in [0.25, 0.3) is 0 Å². The van der Waals surface area contributed by atoms with Gasteiger partial charge in [-0.05, 0) is 20.9 Å². The highest BCUT2D eigenvalue weighted by Crippen LogP contribution is 2.12. The summed E-state index contributed by atoms with van der Waals surface area (Å²) in [6.07, 6.45) is 0.755. The van der Waals surface area contributed by atoms with Crippen molar-refractivity contribution >= 4 is 23.3 Å². The number of amides is 1. The van der Waals surface area contributed by atoms with E-state index in [0.29, 0.717) is 19.2 Å². The molecule has 0 bridgehead atoms.